The maximum absolute atomic E-state index is 13.3. The van der Waals surface area contributed by atoms with E-state index in [1.165, 1.54) is 28.1 Å². The van der Waals surface area contributed by atoms with E-state index in [0.29, 0.717) is 29.9 Å². The topological polar surface area (TPSA) is 79.0 Å². The molecule has 3 aliphatic rings. The van der Waals surface area contributed by atoms with Crippen LogP contribution < -0.4 is 5.32 Å². The van der Waals surface area contributed by atoms with Crippen molar-refractivity contribution in [3.63, 3.8) is 0 Å². The van der Waals surface area contributed by atoms with Gasteiger partial charge in [0.25, 0.3) is 0 Å². The summed E-state index contributed by atoms with van der Waals surface area (Å²) in [7, 11) is -3.76. The van der Waals surface area contributed by atoms with Crippen molar-refractivity contribution in [3.8, 4) is 0 Å². The number of ether oxygens (including phenoxy) is 1. The fourth-order valence-electron chi connectivity index (χ4n) is 6.84. The van der Waals surface area contributed by atoms with Crippen LogP contribution in [0.15, 0.2) is 53.4 Å². The van der Waals surface area contributed by atoms with Crippen LogP contribution in [-0.2, 0) is 26.0 Å². The highest BCUT2D eigenvalue weighted by Gasteiger charge is 2.37. The molecule has 2 saturated heterocycles. The number of nitrogens with zero attached hydrogens (tertiary/aromatic N) is 2. The molecule has 2 aromatic rings. The Kier molecular flexibility index (Phi) is 10.7. The number of hydrogen-bond acceptors (Lipinski definition) is 5. The van der Waals surface area contributed by atoms with Crippen LogP contribution in [0.25, 0.3) is 0 Å². The molecule has 224 valence electrons. The molecule has 1 amide bonds. The summed E-state index contributed by atoms with van der Waals surface area (Å²) in [6.07, 6.45) is 7.87. The second kappa shape index (κ2) is 14.2. The van der Waals surface area contributed by atoms with Gasteiger partial charge in [0.05, 0.1) is 28.2 Å². The average molecular weight is 623 g/mol. The molecule has 1 saturated carbocycles. The van der Waals surface area contributed by atoms with Crippen LogP contribution >= 0.6 is 23.2 Å². The van der Waals surface area contributed by atoms with E-state index < -0.39 is 10.0 Å². The molecule has 1 aliphatic carbocycles. The lowest BCUT2D eigenvalue weighted by atomic mass is 9.79. The molecular weight excluding hydrogens is 581 g/mol. The number of sulfonamides is 1. The first-order valence-corrected chi connectivity index (χ1v) is 17.1. The Balaban J connectivity index is 1.14. The number of aryl methyl sites for hydroxylation is 1. The molecule has 0 spiro atoms. The van der Waals surface area contributed by atoms with Crippen molar-refractivity contribution in [2.24, 2.45) is 5.92 Å². The minimum Gasteiger partial charge on any atom is -0.379 e. The first kappa shape index (κ1) is 30.8. The Morgan fingerprint density at radius 3 is 2.39 bits per heavy atom. The molecule has 10 heteroatoms. The first-order chi connectivity index (χ1) is 19.8. The number of morpholine rings is 1. The zero-order valence-corrected chi connectivity index (χ0v) is 25.8. The number of nitrogens with one attached hydrogen (secondary N) is 1. The van der Waals surface area contributed by atoms with E-state index >= 15 is 0 Å². The molecule has 0 aromatic heterocycles. The largest absolute Gasteiger partial charge is 0.379 e. The van der Waals surface area contributed by atoms with Gasteiger partial charge in [-0.3, -0.25) is 9.69 Å². The van der Waals surface area contributed by atoms with Gasteiger partial charge in [-0.1, -0.05) is 53.5 Å². The van der Waals surface area contributed by atoms with E-state index in [2.05, 4.69) is 40.5 Å². The molecule has 2 unspecified atom stereocenters. The fourth-order valence-corrected chi connectivity index (χ4v) is 8.92. The molecule has 2 heterocycles. The van der Waals surface area contributed by atoms with Gasteiger partial charge in [-0.25, -0.2) is 8.42 Å². The summed E-state index contributed by atoms with van der Waals surface area (Å²) in [5.41, 5.74) is 1.38. The van der Waals surface area contributed by atoms with E-state index in [4.69, 9.17) is 27.9 Å². The van der Waals surface area contributed by atoms with Crippen LogP contribution in [0.3, 0.4) is 0 Å². The molecule has 7 nitrogen and oxygen atoms in total. The van der Waals surface area contributed by atoms with Crippen molar-refractivity contribution in [2.45, 2.75) is 80.8 Å². The molecule has 0 radical (unpaired) electrons. The highest BCUT2D eigenvalue weighted by atomic mass is 35.5. The fraction of sp³-hybridized carbons (Fsp3) is 0.581. The van der Waals surface area contributed by atoms with Crippen molar-refractivity contribution in [3.05, 3.63) is 64.1 Å². The number of carbonyl (C=O) groups is 1. The third-order valence-corrected chi connectivity index (χ3v) is 11.7. The monoisotopic (exact) mass is 621 g/mol. The summed E-state index contributed by atoms with van der Waals surface area (Å²) in [5.74, 6) is 0.537. The predicted octanol–water partition coefficient (Wildman–Crippen LogP) is 5.55. The number of rotatable bonds is 10. The minimum atomic E-state index is -3.76. The Morgan fingerprint density at radius 1 is 0.951 bits per heavy atom. The van der Waals surface area contributed by atoms with Crippen molar-refractivity contribution in [1.29, 1.82) is 0 Å². The molecule has 2 aromatic carbocycles. The van der Waals surface area contributed by atoms with Gasteiger partial charge in [0.2, 0.25) is 15.9 Å². The van der Waals surface area contributed by atoms with Gasteiger partial charge in [0.1, 0.15) is 0 Å². The van der Waals surface area contributed by atoms with Crippen LogP contribution in [0.4, 0.5) is 0 Å². The Hall–Kier alpha value is -1.68. The van der Waals surface area contributed by atoms with Crippen LogP contribution in [0, 0.1) is 5.92 Å². The van der Waals surface area contributed by atoms with E-state index in [9.17, 15) is 13.2 Å². The zero-order chi connectivity index (χ0) is 28.8. The van der Waals surface area contributed by atoms with Crippen molar-refractivity contribution < 1.29 is 17.9 Å². The summed E-state index contributed by atoms with van der Waals surface area (Å²) in [6.45, 7) is 3.97. The maximum atomic E-state index is 13.3. The summed E-state index contributed by atoms with van der Waals surface area (Å²) in [4.78, 5) is 15.8. The van der Waals surface area contributed by atoms with E-state index in [0.717, 1.165) is 71.2 Å². The normalized spacial score (nSPS) is 25.2. The average Bonchev–Trinajstić information content (AvgIpc) is 3.45. The molecule has 41 heavy (non-hydrogen) atoms. The van der Waals surface area contributed by atoms with Gasteiger partial charge in [-0.15, -0.1) is 0 Å². The summed E-state index contributed by atoms with van der Waals surface area (Å²) in [6, 6.07) is 15.4. The lowest BCUT2D eigenvalue weighted by molar-refractivity contribution is -0.122. The highest BCUT2D eigenvalue weighted by Crippen LogP contribution is 2.34. The molecule has 2 atom stereocenters. The third-order valence-electron chi connectivity index (χ3n) is 9.01. The standard InChI is InChI=1S/C31H41Cl2N3O4S/c32-28-14-13-27(22-29(28)33)41(38,39)36-16-4-7-26(36)21-31(37)34-25-11-9-24(10-12-25)30(35-17-19-40-20-18-35)15-8-23-5-2-1-3-6-23/h1-3,5-6,13-14,22,24-26,30H,4,7-12,15-21H2,(H,34,37). The summed E-state index contributed by atoms with van der Waals surface area (Å²) in [5, 5.41) is 3.75. The van der Waals surface area contributed by atoms with Crippen molar-refractivity contribution in [2.75, 3.05) is 32.8 Å². The van der Waals surface area contributed by atoms with Gasteiger partial charge < -0.3 is 10.1 Å². The number of benzene rings is 2. The molecule has 5 rings (SSSR count). The Labute approximate surface area is 254 Å². The zero-order valence-electron chi connectivity index (χ0n) is 23.5. The van der Waals surface area contributed by atoms with Gasteiger partial charge >= 0.3 is 0 Å². The quantitative estimate of drug-likeness (QED) is 0.376. The molecule has 0 bridgehead atoms. The van der Waals surface area contributed by atoms with Crippen molar-refractivity contribution >= 4 is 39.1 Å². The number of amides is 1. The van der Waals surface area contributed by atoms with Gasteiger partial charge in [-0.05, 0) is 81.0 Å². The van der Waals surface area contributed by atoms with Gasteiger partial charge in [0.15, 0.2) is 0 Å². The smallest absolute Gasteiger partial charge is 0.243 e. The lowest BCUT2D eigenvalue weighted by Gasteiger charge is -2.42. The SMILES string of the molecule is O=C(CC1CCCN1S(=O)(=O)c1ccc(Cl)c(Cl)c1)NC1CCC(C(CCc2ccccc2)N2CCOCC2)CC1. The van der Waals surface area contributed by atoms with Crippen molar-refractivity contribution in [1.82, 2.24) is 14.5 Å². The van der Waals surface area contributed by atoms with Crippen LogP contribution in [0.5, 0.6) is 0 Å². The molecule has 3 fully saturated rings. The maximum Gasteiger partial charge on any atom is 0.243 e. The second-order valence-electron chi connectivity index (χ2n) is 11.6. The first-order valence-electron chi connectivity index (χ1n) is 14.9. The highest BCUT2D eigenvalue weighted by molar-refractivity contribution is 7.89. The Bertz CT molecular complexity index is 1270. The lowest BCUT2D eigenvalue weighted by Crippen LogP contribution is -2.49. The van der Waals surface area contributed by atoms with Crippen LogP contribution in [-0.4, -0.2) is 74.5 Å². The number of hydrogen-bond donors (Lipinski definition) is 1. The second-order valence-corrected chi connectivity index (χ2v) is 14.3. The Morgan fingerprint density at radius 2 is 1.68 bits per heavy atom. The van der Waals surface area contributed by atoms with E-state index in [1.807, 2.05) is 0 Å². The third kappa shape index (κ3) is 7.84. The van der Waals surface area contributed by atoms with Crippen LogP contribution in [0.1, 0.15) is 56.9 Å². The molecule has 2 aliphatic heterocycles. The predicted molar refractivity (Wildman–Crippen MR) is 163 cm³/mol. The number of halogens is 2. The summed E-state index contributed by atoms with van der Waals surface area (Å²) < 4.78 is 33.8. The summed E-state index contributed by atoms with van der Waals surface area (Å²) >= 11 is 12.1. The van der Waals surface area contributed by atoms with E-state index in [-0.39, 0.29) is 34.3 Å². The van der Waals surface area contributed by atoms with Crippen LogP contribution in [0.2, 0.25) is 10.0 Å². The number of carbonyl (C=O) groups excluding carboxylic acids is 1. The van der Waals surface area contributed by atoms with Gasteiger partial charge in [-0.2, -0.15) is 4.31 Å². The van der Waals surface area contributed by atoms with E-state index in [1.54, 1.807) is 0 Å². The van der Waals surface area contributed by atoms with Gasteiger partial charge in [0, 0.05) is 44.2 Å². The molecule has 1 N–H and O–H groups in total. The molecular formula is C31H41Cl2N3O4S. The minimum absolute atomic E-state index is 0.0662.